The first-order chi connectivity index (χ1) is 8.31. The Morgan fingerprint density at radius 1 is 0.882 bits per heavy atom. The maximum absolute atomic E-state index is 11.0. The van der Waals surface area contributed by atoms with Crippen molar-refractivity contribution in [3.8, 4) is 0 Å². The van der Waals surface area contributed by atoms with Crippen molar-refractivity contribution in [2.75, 3.05) is 11.4 Å². The molecule has 0 aliphatic heterocycles. The van der Waals surface area contributed by atoms with E-state index >= 15 is 0 Å². The van der Waals surface area contributed by atoms with Crippen LogP contribution in [0.25, 0.3) is 0 Å². The van der Waals surface area contributed by atoms with Gasteiger partial charge in [-0.15, -0.1) is 0 Å². The molecule has 0 atom stereocenters. The van der Waals surface area contributed by atoms with E-state index < -0.39 is 0 Å². The molecule has 0 radical (unpaired) electrons. The molecule has 0 unspecified atom stereocenters. The highest BCUT2D eigenvalue weighted by Crippen LogP contribution is 2.11. The molecule has 0 heterocycles. The summed E-state index contributed by atoms with van der Waals surface area (Å²) in [6.45, 7) is 0. The number of rotatable bonds is 12. The van der Waals surface area contributed by atoms with Crippen molar-refractivity contribution < 1.29 is 9.53 Å². The Morgan fingerprint density at radius 3 is 1.82 bits per heavy atom. The normalized spacial score (nSPS) is 10.5. The molecule has 0 rings (SSSR count). The van der Waals surface area contributed by atoms with Gasteiger partial charge in [0, 0.05) is 11.8 Å². The first kappa shape index (κ1) is 17.2. The van der Waals surface area contributed by atoms with Crippen LogP contribution in [0.2, 0.25) is 0 Å². The lowest BCUT2D eigenvalue weighted by Crippen LogP contribution is -2.01. The van der Waals surface area contributed by atoms with Crippen LogP contribution in [-0.2, 0) is 9.53 Å². The fourth-order valence-corrected chi connectivity index (χ4v) is 2.25. The molecular formula is C13H24BrClO2. The first-order valence-corrected chi connectivity index (χ1v) is 8.24. The summed E-state index contributed by atoms with van der Waals surface area (Å²) >= 11 is 8.72. The largest absolute Gasteiger partial charge is 0.449 e. The van der Waals surface area contributed by atoms with Gasteiger partial charge in [0.2, 0.25) is 0 Å². The molecule has 4 heteroatoms. The lowest BCUT2D eigenvalue weighted by atomic mass is 10.1. The van der Waals surface area contributed by atoms with Gasteiger partial charge in [-0.1, -0.05) is 72.5 Å². The molecule has 17 heavy (non-hydrogen) atoms. The van der Waals surface area contributed by atoms with Crippen LogP contribution >= 0.6 is 27.5 Å². The fraction of sp³-hybridized carbons (Fsp3) is 0.923. The second-order valence-corrected chi connectivity index (χ2v) is 5.26. The third-order valence-corrected chi connectivity index (χ3v) is 3.40. The van der Waals surface area contributed by atoms with E-state index in [0.29, 0.717) is 6.42 Å². The van der Waals surface area contributed by atoms with E-state index in [0.717, 1.165) is 18.2 Å². The van der Waals surface area contributed by atoms with Crippen LogP contribution in [0.4, 0.5) is 0 Å². The molecule has 0 aromatic rings. The van der Waals surface area contributed by atoms with E-state index in [4.69, 9.17) is 11.6 Å². The summed E-state index contributed by atoms with van der Waals surface area (Å²) in [4.78, 5) is 11.0. The number of esters is 1. The minimum absolute atomic E-state index is 0.0206. The third-order valence-electron chi connectivity index (χ3n) is 2.73. The summed E-state index contributed by atoms with van der Waals surface area (Å²) in [7, 11) is 0. The molecule has 0 aromatic heterocycles. The van der Waals surface area contributed by atoms with Crippen LogP contribution in [0.15, 0.2) is 0 Å². The zero-order chi connectivity index (χ0) is 12.8. The number of ether oxygens (including phenoxy) is 1. The summed E-state index contributed by atoms with van der Waals surface area (Å²) in [6.07, 6.45) is 11.8. The van der Waals surface area contributed by atoms with Crippen LogP contribution in [0, 0.1) is 0 Å². The van der Waals surface area contributed by atoms with E-state index in [2.05, 4.69) is 20.7 Å². The Morgan fingerprint density at radius 2 is 1.35 bits per heavy atom. The van der Waals surface area contributed by atoms with Crippen LogP contribution < -0.4 is 0 Å². The van der Waals surface area contributed by atoms with Crippen molar-refractivity contribution in [1.29, 1.82) is 0 Å². The Hall–Kier alpha value is 0.240. The molecule has 0 N–H and O–H groups in total. The number of alkyl halides is 2. The monoisotopic (exact) mass is 326 g/mol. The van der Waals surface area contributed by atoms with Crippen molar-refractivity contribution in [2.45, 2.75) is 64.2 Å². The average molecular weight is 328 g/mol. The van der Waals surface area contributed by atoms with E-state index in [1.165, 1.54) is 44.9 Å². The van der Waals surface area contributed by atoms with E-state index in [-0.39, 0.29) is 12.0 Å². The SMILES string of the molecule is O=C(CCCCCCCCCCCBr)OCCl. The standard InChI is InChI=1S/C13H24BrClO2/c14-11-9-7-5-3-1-2-4-6-8-10-13(16)17-12-15/h1-12H2. The zero-order valence-electron chi connectivity index (χ0n) is 10.6. The van der Waals surface area contributed by atoms with Gasteiger partial charge in [0.25, 0.3) is 0 Å². The highest BCUT2D eigenvalue weighted by Gasteiger charge is 2.00. The van der Waals surface area contributed by atoms with Crippen molar-refractivity contribution in [3.63, 3.8) is 0 Å². The van der Waals surface area contributed by atoms with Gasteiger partial charge in [-0.3, -0.25) is 4.79 Å². The molecule has 0 aliphatic carbocycles. The Balaban J connectivity index is 3.01. The van der Waals surface area contributed by atoms with Crippen molar-refractivity contribution in [2.24, 2.45) is 0 Å². The molecule has 0 aromatic carbocycles. The van der Waals surface area contributed by atoms with Gasteiger partial charge >= 0.3 is 5.97 Å². The van der Waals surface area contributed by atoms with Crippen molar-refractivity contribution in [3.05, 3.63) is 0 Å². The van der Waals surface area contributed by atoms with Gasteiger partial charge < -0.3 is 4.74 Å². The molecule has 0 fully saturated rings. The molecule has 0 amide bonds. The molecule has 0 bridgehead atoms. The minimum atomic E-state index is -0.172. The topological polar surface area (TPSA) is 26.3 Å². The molecule has 0 spiro atoms. The third kappa shape index (κ3) is 14.2. The smallest absolute Gasteiger partial charge is 0.306 e. The van der Waals surface area contributed by atoms with Crippen molar-refractivity contribution in [1.82, 2.24) is 0 Å². The van der Waals surface area contributed by atoms with Gasteiger partial charge in [-0.05, 0) is 12.8 Å². The van der Waals surface area contributed by atoms with Gasteiger partial charge in [0.05, 0.1) is 0 Å². The summed E-state index contributed by atoms with van der Waals surface area (Å²) < 4.78 is 4.65. The zero-order valence-corrected chi connectivity index (χ0v) is 12.9. The summed E-state index contributed by atoms with van der Waals surface area (Å²) in [5, 5.41) is 1.13. The molecular weight excluding hydrogens is 303 g/mol. The molecule has 2 nitrogen and oxygen atoms in total. The first-order valence-electron chi connectivity index (χ1n) is 6.58. The summed E-state index contributed by atoms with van der Waals surface area (Å²) in [5.74, 6) is -0.172. The van der Waals surface area contributed by atoms with Crippen LogP contribution in [-0.4, -0.2) is 17.4 Å². The second-order valence-electron chi connectivity index (χ2n) is 4.25. The highest BCUT2D eigenvalue weighted by molar-refractivity contribution is 9.09. The highest BCUT2D eigenvalue weighted by atomic mass is 79.9. The Kier molecular flexibility index (Phi) is 14.5. The Bertz CT molecular complexity index is 177. The number of carbonyl (C=O) groups is 1. The second kappa shape index (κ2) is 14.3. The van der Waals surface area contributed by atoms with E-state index in [9.17, 15) is 4.79 Å². The fourth-order valence-electron chi connectivity index (χ4n) is 1.73. The summed E-state index contributed by atoms with van der Waals surface area (Å²) in [5.41, 5.74) is 0. The molecule has 0 saturated carbocycles. The Labute approximate surface area is 119 Å². The number of halogens is 2. The van der Waals surface area contributed by atoms with Gasteiger partial charge in [-0.25, -0.2) is 0 Å². The molecule has 0 aliphatic rings. The molecule has 0 saturated heterocycles. The number of unbranched alkanes of at least 4 members (excludes halogenated alkanes) is 8. The van der Waals surface area contributed by atoms with Gasteiger partial charge in [-0.2, -0.15) is 0 Å². The van der Waals surface area contributed by atoms with E-state index in [1.54, 1.807) is 0 Å². The minimum Gasteiger partial charge on any atom is -0.449 e. The predicted octanol–water partition coefficient (Wildman–Crippen LogP) is 5.02. The maximum atomic E-state index is 11.0. The lowest BCUT2D eigenvalue weighted by molar-refractivity contribution is -0.141. The van der Waals surface area contributed by atoms with Gasteiger partial charge in [0.15, 0.2) is 6.07 Å². The predicted molar refractivity (Wildman–Crippen MR) is 76.8 cm³/mol. The average Bonchev–Trinajstić information content (AvgIpc) is 2.32. The number of carbonyl (C=O) groups excluding carboxylic acids is 1. The van der Waals surface area contributed by atoms with E-state index in [1.807, 2.05) is 0 Å². The quantitative estimate of drug-likeness (QED) is 0.286. The number of hydrogen-bond acceptors (Lipinski definition) is 2. The van der Waals surface area contributed by atoms with Crippen LogP contribution in [0.3, 0.4) is 0 Å². The summed E-state index contributed by atoms with van der Waals surface area (Å²) in [6, 6.07) is -0.0206. The van der Waals surface area contributed by atoms with Crippen LogP contribution in [0.5, 0.6) is 0 Å². The molecule has 102 valence electrons. The maximum Gasteiger partial charge on any atom is 0.306 e. The van der Waals surface area contributed by atoms with Crippen molar-refractivity contribution >= 4 is 33.5 Å². The number of hydrogen-bond donors (Lipinski definition) is 0. The lowest BCUT2D eigenvalue weighted by Gasteiger charge is -2.02. The van der Waals surface area contributed by atoms with Gasteiger partial charge in [0.1, 0.15) is 0 Å². The van der Waals surface area contributed by atoms with Crippen LogP contribution in [0.1, 0.15) is 64.2 Å².